The lowest BCUT2D eigenvalue weighted by Crippen LogP contribution is -2.30. The Kier molecular flexibility index (Phi) is 67.1. The average Bonchev–Trinajstić information content (AvgIpc) is 3.22. The van der Waals surface area contributed by atoms with Gasteiger partial charge in [-0.1, -0.05) is 350 Å². The van der Waals surface area contributed by atoms with Crippen LogP contribution in [0.3, 0.4) is 0 Å². The number of phosphoric acid groups is 2. The molecule has 0 aliphatic carbocycles. The van der Waals surface area contributed by atoms with Crippen molar-refractivity contribution in [2.75, 3.05) is 39.6 Å². The van der Waals surface area contributed by atoms with Gasteiger partial charge in [-0.15, -0.1) is 0 Å². The highest BCUT2D eigenvalue weighted by Crippen LogP contribution is 2.45. The third-order valence-corrected chi connectivity index (χ3v) is 20.0. The number of esters is 4. The lowest BCUT2D eigenvalue weighted by molar-refractivity contribution is -0.161. The van der Waals surface area contributed by atoms with Gasteiger partial charge in [0.15, 0.2) is 12.2 Å². The van der Waals surface area contributed by atoms with Crippen LogP contribution < -0.4 is 0 Å². The first-order valence-corrected chi connectivity index (χ1v) is 43.3. The molecule has 17 nitrogen and oxygen atoms in total. The Morgan fingerprint density at radius 1 is 0.278 bits per heavy atom. The quantitative estimate of drug-likeness (QED) is 0.0222. The summed E-state index contributed by atoms with van der Waals surface area (Å²) in [5.41, 5.74) is 0. The number of ether oxygens (including phenoxy) is 4. The van der Waals surface area contributed by atoms with E-state index in [0.717, 1.165) is 108 Å². The predicted octanol–water partition coefficient (Wildman–Crippen LogP) is 23.0. The molecule has 576 valence electrons. The normalized spacial score (nSPS) is 14.0. The van der Waals surface area contributed by atoms with E-state index in [9.17, 15) is 43.2 Å². The van der Waals surface area contributed by atoms with Gasteiger partial charge in [0, 0.05) is 25.7 Å². The molecule has 0 spiro atoms. The molecule has 19 heteroatoms. The second-order valence-corrected chi connectivity index (χ2v) is 32.4. The molecule has 5 atom stereocenters. The molecule has 0 amide bonds. The van der Waals surface area contributed by atoms with Crippen molar-refractivity contribution in [1.82, 2.24) is 0 Å². The molecule has 0 rings (SSSR count). The minimum atomic E-state index is -4.96. The van der Waals surface area contributed by atoms with Crippen LogP contribution >= 0.6 is 15.6 Å². The Morgan fingerprint density at radius 2 is 0.474 bits per heavy atom. The van der Waals surface area contributed by atoms with E-state index in [1.165, 1.54) is 205 Å². The van der Waals surface area contributed by atoms with Crippen molar-refractivity contribution in [3.63, 3.8) is 0 Å². The fourth-order valence-electron chi connectivity index (χ4n) is 12.0. The summed E-state index contributed by atoms with van der Waals surface area (Å²) < 4.78 is 68.6. The van der Waals surface area contributed by atoms with E-state index in [0.29, 0.717) is 31.6 Å². The fraction of sp³-hybridized carbons (Fsp3) is 0.949. The fourth-order valence-corrected chi connectivity index (χ4v) is 13.5. The van der Waals surface area contributed by atoms with Crippen molar-refractivity contribution in [3.8, 4) is 0 Å². The number of carbonyl (C=O) groups excluding carboxylic acids is 4. The molecule has 3 N–H and O–H groups in total. The molecule has 2 unspecified atom stereocenters. The molecule has 0 radical (unpaired) electrons. The summed E-state index contributed by atoms with van der Waals surface area (Å²) in [6.45, 7) is 11.9. The van der Waals surface area contributed by atoms with Crippen molar-refractivity contribution < 1.29 is 80.2 Å². The van der Waals surface area contributed by atoms with Gasteiger partial charge in [0.2, 0.25) is 0 Å². The van der Waals surface area contributed by atoms with Gasteiger partial charge >= 0.3 is 39.5 Å². The number of hydrogen-bond donors (Lipinski definition) is 3. The standard InChI is InChI=1S/C78H152O17P2/c1-8-9-10-11-12-13-14-15-22-28-33-38-47-54-61-78(83)95-74(66-89-76(81)60-53-46-41-40-44-51-58-71(6)7)68-93-97(86,87)91-64-72(79)63-90-96(84,85)92-67-73(94-77(82)62-55-48-39-34-29-24-19-17-21-26-31-36-43-50-57-70(4)5)65-88-75(80)59-52-45-37-32-27-23-18-16-20-25-30-35-42-49-56-69(2)3/h69-74,79H,8-68H2,1-7H3,(H,84,85)(H,86,87)/t72-,73-,74-/m1/s1. The minimum Gasteiger partial charge on any atom is -0.462 e. The van der Waals surface area contributed by atoms with E-state index in [2.05, 4.69) is 48.5 Å². The highest BCUT2D eigenvalue weighted by Gasteiger charge is 2.30. The summed E-state index contributed by atoms with van der Waals surface area (Å²) in [4.78, 5) is 72.9. The Labute approximate surface area is 594 Å². The Balaban J connectivity index is 5.23. The first-order valence-electron chi connectivity index (χ1n) is 40.3. The Bertz CT molecular complexity index is 1890. The Hall–Kier alpha value is -1.94. The van der Waals surface area contributed by atoms with Crippen LogP contribution in [0.15, 0.2) is 0 Å². The molecule has 0 aromatic carbocycles. The van der Waals surface area contributed by atoms with Gasteiger partial charge in [-0.25, -0.2) is 9.13 Å². The van der Waals surface area contributed by atoms with Gasteiger partial charge in [-0.05, 0) is 43.4 Å². The SMILES string of the molecule is CCCCCCCCCCCCCCCCC(=O)O[C@H](COC(=O)CCCCCCCCC(C)C)COP(=O)(O)OC[C@H](O)COP(=O)(O)OC[C@@H](COC(=O)CCCCCCCCCCCCCCCCC(C)C)OC(=O)CCCCCCCCCCCCCCCCC(C)C. The van der Waals surface area contributed by atoms with Crippen molar-refractivity contribution in [2.24, 2.45) is 17.8 Å². The Morgan fingerprint density at radius 3 is 0.701 bits per heavy atom. The molecule has 97 heavy (non-hydrogen) atoms. The van der Waals surface area contributed by atoms with E-state index in [1.807, 2.05) is 0 Å². The van der Waals surface area contributed by atoms with E-state index >= 15 is 0 Å². The maximum atomic E-state index is 13.1. The molecule has 0 aliphatic rings. The van der Waals surface area contributed by atoms with Crippen LogP contribution in [0.5, 0.6) is 0 Å². The summed E-state index contributed by atoms with van der Waals surface area (Å²) >= 11 is 0. The monoisotopic (exact) mass is 1420 g/mol. The zero-order valence-electron chi connectivity index (χ0n) is 63.5. The number of hydrogen-bond acceptors (Lipinski definition) is 15. The highest BCUT2D eigenvalue weighted by molar-refractivity contribution is 7.47. The summed E-state index contributed by atoms with van der Waals surface area (Å²) in [5, 5.41) is 10.6. The molecule has 0 fully saturated rings. The molecular formula is C78H152O17P2. The van der Waals surface area contributed by atoms with E-state index in [1.54, 1.807) is 0 Å². The molecule has 0 bridgehead atoms. The predicted molar refractivity (Wildman–Crippen MR) is 395 cm³/mol. The number of rotatable bonds is 76. The van der Waals surface area contributed by atoms with E-state index in [-0.39, 0.29) is 25.7 Å². The molecule has 0 heterocycles. The van der Waals surface area contributed by atoms with Crippen LogP contribution in [0.25, 0.3) is 0 Å². The largest absolute Gasteiger partial charge is 0.472 e. The number of carbonyl (C=O) groups is 4. The second-order valence-electron chi connectivity index (χ2n) is 29.5. The first-order chi connectivity index (χ1) is 46.7. The van der Waals surface area contributed by atoms with Gasteiger partial charge < -0.3 is 33.8 Å². The van der Waals surface area contributed by atoms with E-state index < -0.39 is 97.5 Å². The topological polar surface area (TPSA) is 237 Å². The molecule has 0 aromatic heterocycles. The van der Waals surface area contributed by atoms with Gasteiger partial charge in [0.1, 0.15) is 19.3 Å². The molecule has 0 saturated heterocycles. The molecular weight excluding hydrogens is 1270 g/mol. The van der Waals surface area contributed by atoms with Crippen molar-refractivity contribution in [3.05, 3.63) is 0 Å². The minimum absolute atomic E-state index is 0.107. The molecule has 0 saturated carbocycles. The van der Waals surface area contributed by atoms with Crippen LogP contribution in [-0.2, 0) is 65.4 Å². The lowest BCUT2D eigenvalue weighted by atomic mass is 10.0. The summed E-state index contributed by atoms with van der Waals surface area (Å²) in [6, 6.07) is 0. The second kappa shape index (κ2) is 68.5. The van der Waals surface area contributed by atoms with Crippen LogP contribution in [0, 0.1) is 17.8 Å². The van der Waals surface area contributed by atoms with Crippen molar-refractivity contribution in [2.45, 2.75) is 420 Å². The van der Waals surface area contributed by atoms with Crippen LogP contribution in [0.4, 0.5) is 0 Å². The van der Waals surface area contributed by atoms with Crippen LogP contribution in [0.1, 0.15) is 402 Å². The van der Waals surface area contributed by atoms with E-state index in [4.69, 9.17) is 37.0 Å². The third kappa shape index (κ3) is 72.2. The van der Waals surface area contributed by atoms with Crippen molar-refractivity contribution in [1.29, 1.82) is 0 Å². The first kappa shape index (κ1) is 95.1. The zero-order valence-corrected chi connectivity index (χ0v) is 65.3. The number of aliphatic hydroxyl groups is 1. The van der Waals surface area contributed by atoms with Gasteiger partial charge in [-0.2, -0.15) is 0 Å². The number of unbranched alkanes of at least 4 members (excludes halogenated alkanes) is 44. The van der Waals surface area contributed by atoms with Crippen LogP contribution in [0.2, 0.25) is 0 Å². The maximum absolute atomic E-state index is 13.1. The smallest absolute Gasteiger partial charge is 0.462 e. The summed E-state index contributed by atoms with van der Waals surface area (Å²) in [7, 11) is -9.91. The number of phosphoric ester groups is 2. The molecule has 0 aliphatic heterocycles. The van der Waals surface area contributed by atoms with Gasteiger partial charge in [0.05, 0.1) is 26.4 Å². The summed E-state index contributed by atoms with van der Waals surface area (Å²) in [5.74, 6) is 0.158. The third-order valence-electron chi connectivity index (χ3n) is 18.1. The number of aliphatic hydroxyl groups excluding tert-OH is 1. The van der Waals surface area contributed by atoms with Crippen molar-refractivity contribution >= 4 is 39.5 Å². The average molecular weight is 1420 g/mol. The maximum Gasteiger partial charge on any atom is 0.472 e. The summed E-state index contributed by atoms with van der Waals surface area (Å²) in [6.07, 6.45) is 55.6. The van der Waals surface area contributed by atoms with Gasteiger partial charge in [-0.3, -0.25) is 37.3 Å². The lowest BCUT2D eigenvalue weighted by Gasteiger charge is -2.21. The zero-order chi connectivity index (χ0) is 71.6. The molecule has 0 aromatic rings. The highest BCUT2D eigenvalue weighted by atomic mass is 31.2. The van der Waals surface area contributed by atoms with Crippen LogP contribution in [-0.4, -0.2) is 96.7 Å². The van der Waals surface area contributed by atoms with Gasteiger partial charge in [0.25, 0.3) is 0 Å².